The number of methoxy groups -OCH3 is 1. The van der Waals surface area contributed by atoms with Gasteiger partial charge in [-0.1, -0.05) is 49.1 Å². The number of aromatic hydroxyl groups is 1. The third-order valence-electron chi connectivity index (χ3n) is 3.22. The van der Waals surface area contributed by atoms with Crippen molar-refractivity contribution < 1.29 is 14.9 Å². The van der Waals surface area contributed by atoms with Crippen LogP contribution in [0.4, 0.5) is 0 Å². The van der Waals surface area contributed by atoms with Crippen LogP contribution in [0, 0.1) is 11.8 Å². The molecule has 108 valence electrons. The SMILES string of the molecule is CCc1cc(C#CC(O)c2ccccc2)c(O)c(OC)c1. The predicted octanol–water partition coefficient (Wildman–Crippen LogP) is 3.05. The van der Waals surface area contributed by atoms with Gasteiger partial charge in [0.25, 0.3) is 0 Å². The molecule has 0 saturated carbocycles. The molecular weight excluding hydrogens is 264 g/mol. The Morgan fingerprint density at radius 3 is 2.52 bits per heavy atom. The van der Waals surface area contributed by atoms with Crippen molar-refractivity contribution in [3.63, 3.8) is 0 Å². The maximum absolute atomic E-state index is 10.1. The van der Waals surface area contributed by atoms with E-state index in [1.165, 1.54) is 7.11 Å². The summed E-state index contributed by atoms with van der Waals surface area (Å²) in [7, 11) is 1.50. The van der Waals surface area contributed by atoms with E-state index < -0.39 is 6.10 Å². The fraction of sp³-hybridized carbons (Fsp3) is 0.222. The maximum Gasteiger partial charge on any atom is 0.173 e. The van der Waals surface area contributed by atoms with Gasteiger partial charge in [0.15, 0.2) is 11.5 Å². The molecule has 0 fully saturated rings. The average molecular weight is 282 g/mol. The lowest BCUT2D eigenvalue weighted by molar-refractivity contribution is 0.238. The maximum atomic E-state index is 10.1. The summed E-state index contributed by atoms with van der Waals surface area (Å²) in [6.07, 6.45) is -0.0751. The molecule has 0 spiro atoms. The van der Waals surface area contributed by atoms with Gasteiger partial charge in [-0.3, -0.25) is 0 Å². The second-order valence-electron chi connectivity index (χ2n) is 4.63. The highest BCUT2D eigenvalue weighted by Crippen LogP contribution is 2.31. The van der Waals surface area contributed by atoms with E-state index in [9.17, 15) is 10.2 Å². The second-order valence-corrected chi connectivity index (χ2v) is 4.63. The number of phenolic OH excluding ortho intramolecular Hbond substituents is 1. The van der Waals surface area contributed by atoms with Gasteiger partial charge in [-0.05, 0) is 29.7 Å². The lowest BCUT2D eigenvalue weighted by Gasteiger charge is -2.08. The Hall–Kier alpha value is -2.44. The largest absolute Gasteiger partial charge is 0.503 e. The standard InChI is InChI=1S/C18H18O3/c1-3-13-11-15(18(20)17(12-13)21-2)9-10-16(19)14-7-5-4-6-8-14/h4-8,11-12,16,19-20H,3H2,1-2H3. The summed E-state index contributed by atoms with van der Waals surface area (Å²) in [4.78, 5) is 0. The van der Waals surface area contributed by atoms with Crippen LogP contribution in [-0.4, -0.2) is 17.3 Å². The molecule has 0 aliphatic carbocycles. The van der Waals surface area contributed by atoms with Gasteiger partial charge in [0.05, 0.1) is 12.7 Å². The van der Waals surface area contributed by atoms with Crippen LogP contribution in [0.5, 0.6) is 11.5 Å². The Labute approximate surface area is 124 Å². The van der Waals surface area contributed by atoms with E-state index in [2.05, 4.69) is 11.8 Å². The minimum Gasteiger partial charge on any atom is -0.503 e. The van der Waals surface area contributed by atoms with E-state index in [4.69, 9.17) is 4.74 Å². The lowest BCUT2D eigenvalue weighted by Crippen LogP contribution is -1.94. The second kappa shape index (κ2) is 6.83. The van der Waals surface area contributed by atoms with E-state index in [0.29, 0.717) is 11.3 Å². The third kappa shape index (κ3) is 3.56. The number of phenols is 1. The van der Waals surface area contributed by atoms with Crippen molar-refractivity contribution >= 4 is 0 Å². The Balaban J connectivity index is 2.34. The zero-order valence-corrected chi connectivity index (χ0v) is 12.1. The summed E-state index contributed by atoms with van der Waals surface area (Å²) in [5.74, 6) is 5.98. The molecule has 1 atom stereocenters. The average Bonchev–Trinajstić information content (AvgIpc) is 2.54. The van der Waals surface area contributed by atoms with E-state index >= 15 is 0 Å². The molecule has 0 amide bonds. The number of hydrogen-bond donors (Lipinski definition) is 2. The number of aryl methyl sites for hydroxylation is 1. The Morgan fingerprint density at radius 1 is 1.19 bits per heavy atom. The number of aliphatic hydroxyl groups excluding tert-OH is 1. The van der Waals surface area contributed by atoms with Crippen LogP contribution in [0.3, 0.4) is 0 Å². The normalized spacial score (nSPS) is 11.4. The monoisotopic (exact) mass is 282 g/mol. The van der Waals surface area contributed by atoms with Crippen LogP contribution < -0.4 is 4.74 Å². The van der Waals surface area contributed by atoms with Crippen molar-refractivity contribution in [1.29, 1.82) is 0 Å². The first-order valence-electron chi connectivity index (χ1n) is 6.80. The van der Waals surface area contributed by atoms with Crippen molar-refractivity contribution in [3.05, 3.63) is 59.2 Å². The molecule has 3 heteroatoms. The molecular formula is C18H18O3. The summed E-state index contributed by atoms with van der Waals surface area (Å²) in [5, 5.41) is 20.1. The first kappa shape index (κ1) is 15.0. The zero-order valence-electron chi connectivity index (χ0n) is 12.1. The molecule has 2 aromatic rings. The van der Waals surface area contributed by atoms with Crippen LogP contribution in [0.2, 0.25) is 0 Å². The first-order valence-corrected chi connectivity index (χ1v) is 6.80. The minimum absolute atomic E-state index is 0.00228. The number of hydrogen-bond acceptors (Lipinski definition) is 3. The zero-order chi connectivity index (χ0) is 15.2. The molecule has 2 aromatic carbocycles. The molecule has 2 N–H and O–H groups in total. The Kier molecular flexibility index (Phi) is 4.86. The highest BCUT2D eigenvalue weighted by Gasteiger charge is 2.09. The van der Waals surface area contributed by atoms with Gasteiger partial charge in [0.1, 0.15) is 6.10 Å². The van der Waals surface area contributed by atoms with E-state index in [1.54, 1.807) is 6.07 Å². The molecule has 0 aromatic heterocycles. The molecule has 0 aliphatic rings. The Morgan fingerprint density at radius 2 is 1.90 bits per heavy atom. The first-order chi connectivity index (χ1) is 10.2. The minimum atomic E-state index is -0.887. The fourth-order valence-corrected chi connectivity index (χ4v) is 1.98. The van der Waals surface area contributed by atoms with Gasteiger partial charge in [0, 0.05) is 0 Å². The molecule has 0 aliphatic heterocycles. The fourth-order valence-electron chi connectivity index (χ4n) is 1.98. The van der Waals surface area contributed by atoms with Crippen LogP contribution in [0.25, 0.3) is 0 Å². The Bertz CT molecular complexity index is 666. The highest BCUT2D eigenvalue weighted by atomic mass is 16.5. The predicted molar refractivity (Wildman–Crippen MR) is 82.3 cm³/mol. The van der Waals surface area contributed by atoms with Gasteiger partial charge < -0.3 is 14.9 Å². The molecule has 3 nitrogen and oxygen atoms in total. The van der Waals surface area contributed by atoms with Crippen molar-refractivity contribution in [2.75, 3.05) is 7.11 Å². The highest BCUT2D eigenvalue weighted by molar-refractivity contribution is 5.56. The van der Waals surface area contributed by atoms with Crippen molar-refractivity contribution in [3.8, 4) is 23.3 Å². The van der Waals surface area contributed by atoms with Gasteiger partial charge in [-0.25, -0.2) is 0 Å². The van der Waals surface area contributed by atoms with E-state index in [0.717, 1.165) is 17.5 Å². The third-order valence-corrected chi connectivity index (χ3v) is 3.22. The molecule has 0 heterocycles. The number of benzene rings is 2. The lowest BCUT2D eigenvalue weighted by atomic mass is 10.1. The number of aliphatic hydroxyl groups is 1. The van der Waals surface area contributed by atoms with Crippen LogP contribution in [0.1, 0.15) is 29.7 Å². The smallest absolute Gasteiger partial charge is 0.173 e. The van der Waals surface area contributed by atoms with Crippen molar-refractivity contribution in [1.82, 2.24) is 0 Å². The topological polar surface area (TPSA) is 49.7 Å². The molecule has 21 heavy (non-hydrogen) atoms. The van der Waals surface area contributed by atoms with Crippen LogP contribution in [-0.2, 0) is 6.42 Å². The van der Waals surface area contributed by atoms with Gasteiger partial charge in [-0.15, -0.1) is 0 Å². The van der Waals surface area contributed by atoms with Gasteiger partial charge in [-0.2, -0.15) is 0 Å². The van der Waals surface area contributed by atoms with Crippen molar-refractivity contribution in [2.45, 2.75) is 19.4 Å². The number of ether oxygens (including phenoxy) is 1. The summed E-state index contributed by atoms with van der Waals surface area (Å²) in [5.41, 5.74) is 2.20. The van der Waals surface area contributed by atoms with Crippen LogP contribution in [0.15, 0.2) is 42.5 Å². The molecule has 0 bridgehead atoms. The number of rotatable bonds is 3. The quantitative estimate of drug-likeness (QED) is 0.851. The van der Waals surface area contributed by atoms with Crippen molar-refractivity contribution in [2.24, 2.45) is 0 Å². The summed E-state index contributed by atoms with van der Waals surface area (Å²) < 4.78 is 5.14. The molecule has 0 radical (unpaired) electrons. The summed E-state index contributed by atoms with van der Waals surface area (Å²) in [6.45, 7) is 2.02. The summed E-state index contributed by atoms with van der Waals surface area (Å²) >= 11 is 0. The van der Waals surface area contributed by atoms with E-state index in [-0.39, 0.29) is 5.75 Å². The summed E-state index contributed by atoms with van der Waals surface area (Å²) in [6, 6.07) is 12.8. The van der Waals surface area contributed by atoms with Gasteiger partial charge >= 0.3 is 0 Å². The van der Waals surface area contributed by atoms with Gasteiger partial charge in [0.2, 0.25) is 0 Å². The van der Waals surface area contributed by atoms with Crippen LogP contribution >= 0.6 is 0 Å². The molecule has 0 saturated heterocycles. The van der Waals surface area contributed by atoms with E-state index in [1.807, 2.05) is 43.3 Å². The molecule has 2 rings (SSSR count). The molecule has 1 unspecified atom stereocenters.